The van der Waals surface area contributed by atoms with Gasteiger partial charge in [-0.25, -0.2) is 0 Å². The van der Waals surface area contributed by atoms with Crippen molar-refractivity contribution in [1.29, 1.82) is 0 Å². The minimum atomic E-state index is -0.00861. The molecule has 0 bridgehead atoms. The van der Waals surface area contributed by atoms with E-state index < -0.39 is 0 Å². The number of phenolic OH excluding ortho intramolecular Hbond substituents is 1. The third kappa shape index (κ3) is 1.54. The number of hydrogen-bond acceptors (Lipinski definition) is 2. The fourth-order valence-electron chi connectivity index (χ4n) is 0.867. The first-order chi connectivity index (χ1) is 5.57. The smallest absolute Gasteiger partial charge is 0.154 e. The summed E-state index contributed by atoms with van der Waals surface area (Å²) in [7, 11) is 0. The molecule has 1 rings (SSSR count). The highest BCUT2D eigenvalue weighted by Crippen LogP contribution is 2.33. The zero-order chi connectivity index (χ0) is 9.30. The zero-order valence-corrected chi connectivity index (χ0v) is 9.44. The second-order valence-corrected chi connectivity index (χ2v) is 4.05. The van der Waals surface area contributed by atoms with E-state index in [-0.39, 0.29) is 5.75 Å². The topological polar surface area (TPSA) is 37.3 Å². The van der Waals surface area contributed by atoms with Crippen LogP contribution in [0.25, 0.3) is 0 Å². The van der Waals surface area contributed by atoms with Crippen LogP contribution in [0.2, 0.25) is 0 Å². The Labute approximate surface area is 86.9 Å². The van der Waals surface area contributed by atoms with Gasteiger partial charge in [-0.15, -0.1) is 0 Å². The lowest BCUT2D eigenvalue weighted by Crippen LogP contribution is -1.89. The molecule has 0 saturated heterocycles. The standard InChI is InChI=1S/C8H6Br2O2/c1-4-5(3-11)8(12)7(10)2-6(4)9/h2-3,12H,1H3. The minimum Gasteiger partial charge on any atom is -0.506 e. The summed E-state index contributed by atoms with van der Waals surface area (Å²) in [4.78, 5) is 10.6. The summed E-state index contributed by atoms with van der Waals surface area (Å²) >= 11 is 6.40. The van der Waals surface area contributed by atoms with Crippen LogP contribution in [0, 0.1) is 6.92 Å². The van der Waals surface area contributed by atoms with Gasteiger partial charge in [0.25, 0.3) is 0 Å². The molecule has 0 amide bonds. The molecule has 1 N–H and O–H groups in total. The maximum absolute atomic E-state index is 10.6. The first-order valence-electron chi connectivity index (χ1n) is 3.20. The summed E-state index contributed by atoms with van der Waals surface area (Å²) in [6.07, 6.45) is 0.639. The monoisotopic (exact) mass is 292 g/mol. The summed E-state index contributed by atoms with van der Waals surface area (Å²) in [5, 5.41) is 9.40. The first kappa shape index (κ1) is 9.74. The lowest BCUT2D eigenvalue weighted by molar-refractivity contribution is 0.112. The fraction of sp³-hybridized carbons (Fsp3) is 0.125. The number of carbonyl (C=O) groups is 1. The molecule has 12 heavy (non-hydrogen) atoms. The Kier molecular flexibility index (Phi) is 2.90. The fourth-order valence-corrected chi connectivity index (χ4v) is 2.06. The van der Waals surface area contributed by atoms with Gasteiger partial charge in [-0.2, -0.15) is 0 Å². The van der Waals surface area contributed by atoms with E-state index >= 15 is 0 Å². The Balaban J connectivity index is 3.52. The van der Waals surface area contributed by atoms with Crippen LogP contribution in [0.3, 0.4) is 0 Å². The maximum atomic E-state index is 10.6. The van der Waals surface area contributed by atoms with Crippen LogP contribution < -0.4 is 0 Å². The van der Waals surface area contributed by atoms with Crippen molar-refractivity contribution in [2.75, 3.05) is 0 Å². The van der Waals surface area contributed by atoms with Crippen molar-refractivity contribution in [3.63, 3.8) is 0 Å². The Morgan fingerprint density at radius 3 is 2.50 bits per heavy atom. The molecule has 0 fully saturated rings. The largest absolute Gasteiger partial charge is 0.506 e. The minimum absolute atomic E-state index is 0.00861. The lowest BCUT2D eigenvalue weighted by atomic mass is 10.1. The highest BCUT2D eigenvalue weighted by atomic mass is 79.9. The molecule has 0 heterocycles. The van der Waals surface area contributed by atoms with E-state index in [0.717, 1.165) is 10.0 Å². The van der Waals surface area contributed by atoms with E-state index in [4.69, 9.17) is 0 Å². The van der Waals surface area contributed by atoms with Gasteiger partial charge in [0, 0.05) is 4.47 Å². The van der Waals surface area contributed by atoms with Crippen LogP contribution in [0.5, 0.6) is 5.75 Å². The summed E-state index contributed by atoms with van der Waals surface area (Å²) in [5.41, 5.74) is 1.06. The molecule has 2 nitrogen and oxygen atoms in total. The number of carbonyl (C=O) groups excluding carboxylic acids is 1. The maximum Gasteiger partial charge on any atom is 0.154 e. The van der Waals surface area contributed by atoms with Crippen LogP contribution in [-0.2, 0) is 0 Å². The number of rotatable bonds is 1. The van der Waals surface area contributed by atoms with E-state index in [2.05, 4.69) is 31.9 Å². The van der Waals surface area contributed by atoms with E-state index in [1.165, 1.54) is 0 Å². The summed E-state index contributed by atoms with van der Waals surface area (Å²) in [6.45, 7) is 1.76. The number of aldehydes is 1. The Bertz CT molecular complexity index is 308. The molecule has 0 unspecified atom stereocenters. The van der Waals surface area contributed by atoms with Crippen LogP contribution in [0.1, 0.15) is 15.9 Å². The molecule has 0 aliphatic heterocycles. The predicted octanol–water partition coefficient (Wildman–Crippen LogP) is 3.04. The van der Waals surface area contributed by atoms with Crippen LogP contribution in [-0.4, -0.2) is 11.4 Å². The van der Waals surface area contributed by atoms with Crippen molar-refractivity contribution in [2.24, 2.45) is 0 Å². The Morgan fingerprint density at radius 1 is 1.42 bits per heavy atom. The van der Waals surface area contributed by atoms with Gasteiger partial charge in [-0.3, -0.25) is 4.79 Å². The summed E-state index contributed by atoms with van der Waals surface area (Å²) in [6, 6.07) is 1.71. The third-order valence-electron chi connectivity index (χ3n) is 1.61. The predicted molar refractivity (Wildman–Crippen MR) is 53.6 cm³/mol. The number of benzene rings is 1. The highest BCUT2D eigenvalue weighted by molar-refractivity contribution is 9.11. The molecule has 64 valence electrons. The molecule has 0 aliphatic rings. The van der Waals surface area contributed by atoms with Crippen LogP contribution in [0.15, 0.2) is 15.0 Å². The summed E-state index contributed by atoms with van der Waals surface area (Å²) in [5.74, 6) is -0.00861. The molecule has 4 heteroatoms. The molecule has 0 radical (unpaired) electrons. The van der Waals surface area contributed by atoms with Crippen LogP contribution >= 0.6 is 31.9 Å². The second-order valence-electron chi connectivity index (χ2n) is 2.35. The molecule has 0 aromatic heterocycles. The van der Waals surface area contributed by atoms with Gasteiger partial charge < -0.3 is 5.11 Å². The van der Waals surface area contributed by atoms with Crippen molar-refractivity contribution in [3.8, 4) is 5.75 Å². The molecular formula is C8H6Br2O2. The van der Waals surface area contributed by atoms with Crippen molar-refractivity contribution in [1.82, 2.24) is 0 Å². The van der Waals surface area contributed by atoms with Gasteiger partial charge in [0.2, 0.25) is 0 Å². The number of aromatic hydroxyl groups is 1. The molecule has 1 aromatic rings. The Hall–Kier alpha value is -0.350. The molecule has 0 spiro atoms. The average molecular weight is 294 g/mol. The quantitative estimate of drug-likeness (QED) is 0.808. The van der Waals surface area contributed by atoms with E-state index in [1.54, 1.807) is 13.0 Å². The normalized spacial score (nSPS) is 9.92. The number of phenols is 1. The van der Waals surface area contributed by atoms with E-state index in [1.807, 2.05) is 0 Å². The summed E-state index contributed by atoms with van der Waals surface area (Å²) < 4.78 is 1.32. The van der Waals surface area contributed by atoms with Crippen molar-refractivity contribution >= 4 is 38.1 Å². The van der Waals surface area contributed by atoms with Gasteiger partial charge >= 0.3 is 0 Å². The van der Waals surface area contributed by atoms with E-state index in [9.17, 15) is 9.90 Å². The van der Waals surface area contributed by atoms with Gasteiger partial charge in [-0.05, 0) is 34.5 Å². The molecule has 0 aliphatic carbocycles. The highest BCUT2D eigenvalue weighted by Gasteiger charge is 2.10. The first-order valence-corrected chi connectivity index (χ1v) is 4.79. The SMILES string of the molecule is Cc1c(Br)cc(Br)c(O)c1C=O. The number of halogens is 2. The van der Waals surface area contributed by atoms with Gasteiger partial charge in [-0.1, -0.05) is 15.9 Å². The zero-order valence-electron chi connectivity index (χ0n) is 6.27. The molecule has 0 atom stereocenters. The van der Waals surface area contributed by atoms with Gasteiger partial charge in [0.1, 0.15) is 5.75 Å². The Morgan fingerprint density at radius 2 is 2.00 bits per heavy atom. The van der Waals surface area contributed by atoms with Crippen molar-refractivity contribution in [2.45, 2.75) is 6.92 Å². The molecule has 1 aromatic carbocycles. The number of hydrogen-bond donors (Lipinski definition) is 1. The third-order valence-corrected chi connectivity index (χ3v) is 3.04. The van der Waals surface area contributed by atoms with Crippen LogP contribution in [0.4, 0.5) is 0 Å². The molecular weight excluding hydrogens is 288 g/mol. The van der Waals surface area contributed by atoms with Crippen molar-refractivity contribution < 1.29 is 9.90 Å². The second kappa shape index (κ2) is 3.58. The molecule has 0 saturated carbocycles. The van der Waals surface area contributed by atoms with Gasteiger partial charge in [0.15, 0.2) is 6.29 Å². The van der Waals surface area contributed by atoms with E-state index in [0.29, 0.717) is 16.3 Å². The lowest BCUT2D eigenvalue weighted by Gasteiger charge is -2.05. The van der Waals surface area contributed by atoms with Gasteiger partial charge in [0.05, 0.1) is 10.0 Å². The average Bonchev–Trinajstić information content (AvgIpc) is 2.02. The van der Waals surface area contributed by atoms with Crippen molar-refractivity contribution in [3.05, 3.63) is 26.1 Å².